The van der Waals surface area contributed by atoms with E-state index in [-0.39, 0.29) is 27.4 Å². The van der Waals surface area contributed by atoms with Crippen LogP contribution in [0.1, 0.15) is 84.4 Å². The fourth-order valence-corrected chi connectivity index (χ4v) is 5.32. The molecule has 0 fully saturated rings. The average molecular weight is 558 g/mol. The van der Waals surface area contributed by atoms with Crippen LogP contribution in [0.2, 0.25) is 0 Å². The number of aliphatic imine (C=N–C) groups is 1. The molecule has 0 saturated heterocycles. The molecule has 0 bridgehead atoms. The fraction of sp³-hybridized carbons (Fsp3) is 0.412. The summed E-state index contributed by atoms with van der Waals surface area (Å²) < 4.78 is 0. The van der Waals surface area contributed by atoms with E-state index in [2.05, 4.69) is 83.6 Å². The molecule has 0 amide bonds. The number of fused-ring (bicyclic) bond motifs is 3. The van der Waals surface area contributed by atoms with Crippen molar-refractivity contribution in [3.8, 4) is 12.8 Å². The third-order valence-corrected chi connectivity index (χ3v) is 7.78. The van der Waals surface area contributed by atoms with E-state index in [1.54, 1.807) is 19.1 Å². The van der Waals surface area contributed by atoms with Crippen LogP contribution in [-0.4, -0.2) is 28.8 Å². The van der Waals surface area contributed by atoms with E-state index in [9.17, 15) is 14.9 Å². The van der Waals surface area contributed by atoms with Crippen LogP contribution in [0.4, 0.5) is 22.7 Å². The Labute approximate surface area is 244 Å². The summed E-state index contributed by atoms with van der Waals surface area (Å²) in [6.07, 6.45) is 18.2. The molecule has 1 atom stereocenters. The van der Waals surface area contributed by atoms with Gasteiger partial charge in [0.2, 0.25) is 0 Å². The number of carboxylic acids is 1. The molecule has 1 heterocycles. The molecule has 0 saturated carbocycles. The van der Waals surface area contributed by atoms with Crippen molar-refractivity contribution in [2.45, 2.75) is 78.6 Å². The number of terminal acetylenes is 1. The van der Waals surface area contributed by atoms with Gasteiger partial charge in [-0.25, -0.2) is 9.79 Å². The number of nitrogens with zero attached hydrogens (tertiary/aromatic N) is 3. The van der Waals surface area contributed by atoms with E-state index in [1.165, 1.54) is 17.2 Å². The maximum Gasteiger partial charge on any atom is 0.327 e. The van der Waals surface area contributed by atoms with Gasteiger partial charge in [0.25, 0.3) is 5.69 Å². The molecule has 0 aromatic heterocycles. The number of aliphatic carboxylic acids is 1. The summed E-state index contributed by atoms with van der Waals surface area (Å²) >= 11 is 0. The maximum absolute atomic E-state index is 11.5. The first kappa shape index (κ1) is 33.0. The zero-order valence-electron chi connectivity index (χ0n) is 25.6. The van der Waals surface area contributed by atoms with Crippen LogP contribution >= 0.6 is 0 Å². The highest BCUT2D eigenvalue weighted by molar-refractivity contribution is 6.11. The number of non-ortho nitro benzene ring substituents is 1. The van der Waals surface area contributed by atoms with Crippen molar-refractivity contribution in [3.63, 3.8) is 0 Å². The number of hydrogen-bond acceptors (Lipinski definition) is 5. The van der Waals surface area contributed by atoms with E-state index in [4.69, 9.17) is 10.1 Å². The smallest absolute Gasteiger partial charge is 0.327 e. The highest BCUT2D eigenvalue weighted by Gasteiger charge is 2.39. The zero-order chi connectivity index (χ0) is 31.1. The average Bonchev–Trinajstić information content (AvgIpc) is 3.04. The number of carboxylic acid groups (broad SMARTS) is 1. The summed E-state index contributed by atoms with van der Waals surface area (Å²) in [6.45, 7) is 15.3. The Balaban J connectivity index is 0.000000654. The Hall–Kier alpha value is -4.18. The van der Waals surface area contributed by atoms with Crippen LogP contribution in [0.3, 0.4) is 0 Å². The number of nitro benzene ring substituents is 1. The lowest BCUT2D eigenvalue weighted by Gasteiger charge is -2.43. The normalized spacial score (nSPS) is 16.9. The summed E-state index contributed by atoms with van der Waals surface area (Å²) in [5, 5.41) is 19.3. The van der Waals surface area contributed by atoms with E-state index in [1.807, 2.05) is 13.1 Å². The van der Waals surface area contributed by atoms with Crippen LogP contribution in [-0.2, 0) is 15.6 Å². The zero-order valence-corrected chi connectivity index (χ0v) is 25.6. The molecule has 2 aromatic rings. The SMILES string of the molecule is C#C.C/C=C/C(=O)O.CC/C=C\C(C)C1=Nc2cc([N+](=O)[O-])ccc2N(C)c2cc3c(cc21)C(C)(C)CCC3(C)C. The van der Waals surface area contributed by atoms with Crippen LogP contribution in [0.25, 0.3) is 0 Å². The third kappa shape index (κ3) is 7.32. The van der Waals surface area contributed by atoms with E-state index < -0.39 is 5.97 Å². The molecule has 4 rings (SSSR count). The topological polar surface area (TPSA) is 96.0 Å². The molecule has 2 aliphatic rings. The molecular formula is C34H43N3O4. The van der Waals surface area contributed by atoms with Crippen molar-refractivity contribution < 1.29 is 14.8 Å². The van der Waals surface area contributed by atoms with Gasteiger partial charge in [0.1, 0.15) is 0 Å². The first-order valence-electron chi connectivity index (χ1n) is 13.9. The van der Waals surface area contributed by atoms with Crippen molar-refractivity contribution in [2.24, 2.45) is 10.9 Å². The van der Waals surface area contributed by atoms with E-state index in [0.29, 0.717) is 5.69 Å². The lowest BCUT2D eigenvalue weighted by Crippen LogP contribution is -2.34. The van der Waals surface area contributed by atoms with Gasteiger partial charge in [-0.2, -0.15) is 0 Å². The van der Waals surface area contributed by atoms with Gasteiger partial charge in [-0.3, -0.25) is 10.1 Å². The summed E-state index contributed by atoms with van der Waals surface area (Å²) in [5.74, 6) is -0.808. The van der Waals surface area contributed by atoms with Crippen molar-refractivity contribution in [3.05, 3.63) is 81.4 Å². The fourth-order valence-electron chi connectivity index (χ4n) is 5.32. The van der Waals surface area contributed by atoms with Crippen LogP contribution in [0.5, 0.6) is 0 Å². The van der Waals surface area contributed by atoms with Gasteiger partial charge in [0.05, 0.1) is 27.7 Å². The minimum Gasteiger partial charge on any atom is -0.478 e. The first-order chi connectivity index (χ1) is 19.2. The van der Waals surface area contributed by atoms with Crippen LogP contribution in [0, 0.1) is 28.9 Å². The molecular weight excluding hydrogens is 514 g/mol. The molecule has 0 radical (unpaired) electrons. The van der Waals surface area contributed by atoms with Gasteiger partial charge >= 0.3 is 5.97 Å². The predicted octanol–water partition coefficient (Wildman–Crippen LogP) is 8.64. The summed E-state index contributed by atoms with van der Waals surface area (Å²) in [4.78, 5) is 27.9. The molecule has 7 heteroatoms. The molecule has 1 aliphatic carbocycles. The van der Waals surface area contributed by atoms with Gasteiger partial charge in [-0.1, -0.05) is 59.8 Å². The standard InChI is InChI=1S/C28H35N3O2.C4H6O2.C2H2/c1-8-9-10-18(2)26-20-16-21-22(28(5,6)14-13-27(21,3)4)17-25(20)30(7)24-12-11-19(31(32)33)15-23(24)29-26;1-2-3-4(5)6;1-2/h9-12,15-18H,8,13-14H2,1-7H3;2-3H,1H3,(H,5,6);1-2H/b10-9-;3-2+;. The number of hydrogen-bond donors (Lipinski definition) is 1. The monoisotopic (exact) mass is 557 g/mol. The Morgan fingerprint density at radius 2 is 1.71 bits per heavy atom. The Morgan fingerprint density at radius 1 is 1.12 bits per heavy atom. The second kappa shape index (κ2) is 13.5. The van der Waals surface area contributed by atoms with Crippen molar-refractivity contribution in [2.75, 3.05) is 11.9 Å². The number of carbonyl (C=O) groups is 1. The molecule has 1 N–H and O–H groups in total. The molecule has 218 valence electrons. The molecule has 41 heavy (non-hydrogen) atoms. The minimum atomic E-state index is -0.891. The highest BCUT2D eigenvalue weighted by atomic mass is 16.6. The first-order valence-corrected chi connectivity index (χ1v) is 13.9. The van der Waals surface area contributed by atoms with Gasteiger partial charge in [-0.15, -0.1) is 12.8 Å². The Kier molecular flexibility index (Phi) is 10.8. The maximum atomic E-state index is 11.5. The third-order valence-electron chi connectivity index (χ3n) is 7.78. The van der Waals surface area contributed by atoms with Crippen LogP contribution in [0.15, 0.2) is 59.6 Å². The predicted molar refractivity (Wildman–Crippen MR) is 170 cm³/mol. The molecule has 1 unspecified atom stereocenters. The molecule has 0 spiro atoms. The number of allylic oxidation sites excluding steroid dienone is 3. The Morgan fingerprint density at radius 3 is 2.20 bits per heavy atom. The minimum absolute atomic E-state index is 0.0644. The van der Waals surface area contributed by atoms with Gasteiger partial charge in [0, 0.05) is 36.7 Å². The van der Waals surface area contributed by atoms with E-state index in [0.717, 1.165) is 48.0 Å². The molecule has 1 aliphatic heterocycles. The van der Waals surface area contributed by atoms with Gasteiger partial charge in [-0.05, 0) is 66.3 Å². The van der Waals surface area contributed by atoms with Gasteiger partial charge in [0.15, 0.2) is 0 Å². The second-order valence-electron chi connectivity index (χ2n) is 11.6. The quantitative estimate of drug-likeness (QED) is 0.130. The number of nitro groups is 1. The Bertz CT molecular complexity index is 1400. The number of benzene rings is 2. The molecule has 2 aromatic carbocycles. The van der Waals surface area contributed by atoms with Crippen molar-refractivity contribution in [1.82, 2.24) is 0 Å². The molecule has 7 nitrogen and oxygen atoms in total. The lowest BCUT2D eigenvalue weighted by molar-refractivity contribution is -0.384. The van der Waals surface area contributed by atoms with Crippen molar-refractivity contribution >= 4 is 34.4 Å². The largest absolute Gasteiger partial charge is 0.478 e. The number of rotatable bonds is 5. The van der Waals surface area contributed by atoms with Crippen LogP contribution < -0.4 is 4.90 Å². The highest BCUT2D eigenvalue weighted by Crippen LogP contribution is 2.50. The van der Waals surface area contributed by atoms with Gasteiger partial charge < -0.3 is 10.0 Å². The summed E-state index contributed by atoms with van der Waals surface area (Å²) in [6, 6.07) is 9.71. The number of anilines is 2. The van der Waals surface area contributed by atoms with E-state index >= 15 is 0 Å². The lowest BCUT2D eigenvalue weighted by atomic mass is 9.62. The summed E-state index contributed by atoms with van der Waals surface area (Å²) in [7, 11) is 2.04. The van der Waals surface area contributed by atoms with Crippen molar-refractivity contribution in [1.29, 1.82) is 0 Å². The second-order valence-corrected chi connectivity index (χ2v) is 11.6. The summed E-state index contributed by atoms with van der Waals surface area (Å²) in [5.41, 5.74) is 7.75.